The molecule has 0 spiro atoms. The number of benzene rings is 1. The molecule has 1 amide bonds. The Morgan fingerprint density at radius 3 is 2.80 bits per heavy atom. The predicted molar refractivity (Wildman–Crippen MR) is 79.3 cm³/mol. The number of carbonyl (C=O) groups excluding carboxylic acids is 1. The van der Waals surface area contributed by atoms with Gasteiger partial charge in [0, 0.05) is 19.0 Å². The molecule has 0 saturated heterocycles. The molecule has 0 unspecified atom stereocenters. The van der Waals surface area contributed by atoms with Gasteiger partial charge < -0.3 is 10.2 Å². The lowest BCUT2D eigenvalue weighted by atomic mass is 10.2. The quantitative estimate of drug-likeness (QED) is 0.896. The Balaban J connectivity index is 1.82. The molecule has 4 nitrogen and oxygen atoms in total. The third-order valence-corrected chi connectivity index (χ3v) is 3.96. The van der Waals surface area contributed by atoms with Gasteiger partial charge in [-0.1, -0.05) is 25.0 Å². The van der Waals surface area contributed by atoms with E-state index in [1.54, 1.807) is 18.2 Å². The van der Waals surface area contributed by atoms with Gasteiger partial charge in [0.25, 0.3) is 0 Å². The van der Waals surface area contributed by atoms with E-state index in [9.17, 15) is 4.79 Å². The summed E-state index contributed by atoms with van der Waals surface area (Å²) in [6.07, 6.45) is 5.56. The zero-order chi connectivity index (χ0) is 14.4. The van der Waals surface area contributed by atoms with Crippen molar-refractivity contribution in [3.05, 3.63) is 29.8 Å². The van der Waals surface area contributed by atoms with Gasteiger partial charge >= 0.3 is 0 Å². The van der Waals surface area contributed by atoms with Crippen molar-refractivity contribution in [1.82, 2.24) is 4.90 Å². The summed E-state index contributed by atoms with van der Waals surface area (Å²) < 4.78 is 0. The molecule has 1 aromatic rings. The molecular weight excluding hydrogens is 250 g/mol. The first kappa shape index (κ1) is 14.5. The lowest BCUT2D eigenvalue weighted by Gasteiger charge is -2.23. The zero-order valence-corrected chi connectivity index (χ0v) is 11.9. The lowest BCUT2D eigenvalue weighted by Crippen LogP contribution is -2.32. The number of nitrogens with one attached hydrogen (secondary N) is 1. The molecule has 1 N–H and O–H groups in total. The van der Waals surface area contributed by atoms with Gasteiger partial charge in [-0.05, 0) is 32.0 Å². The number of carbonyl (C=O) groups is 1. The molecule has 0 atom stereocenters. The van der Waals surface area contributed by atoms with Crippen LogP contribution in [0.15, 0.2) is 24.3 Å². The molecule has 1 aliphatic carbocycles. The van der Waals surface area contributed by atoms with Gasteiger partial charge in [-0.3, -0.25) is 4.79 Å². The highest BCUT2D eigenvalue weighted by Gasteiger charge is 2.19. The Hall–Kier alpha value is -1.86. The maximum absolute atomic E-state index is 12.0. The smallest absolute Gasteiger partial charge is 0.225 e. The second-order valence-electron chi connectivity index (χ2n) is 5.37. The molecule has 1 fully saturated rings. The monoisotopic (exact) mass is 271 g/mol. The summed E-state index contributed by atoms with van der Waals surface area (Å²) in [5, 5.41) is 11.8. The Labute approximate surface area is 120 Å². The Morgan fingerprint density at radius 1 is 1.40 bits per heavy atom. The highest BCUT2D eigenvalue weighted by molar-refractivity contribution is 5.92. The van der Waals surface area contributed by atoms with Gasteiger partial charge in [0.15, 0.2) is 0 Å². The van der Waals surface area contributed by atoms with E-state index in [1.165, 1.54) is 25.7 Å². The van der Waals surface area contributed by atoms with Gasteiger partial charge in [-0.25, -0.2) is 0 Å². The second-order valence-corrected chi connectivity index (χ2v) is 5.37. The van der Waals surface area contributed by atoms with Gasteiger partial charge in [0.2, 0.25) is 5.91 Å². The van der Waals surface area contributed by atoms with Crippen LogP contribution in [0.25, 0.3) is 0 Å². The normalized spacial score (nSPS) is 15.2. The van der Waals surface area contributed by atoms with E-state index in [-0.39, 0.29) is 5.91 Å². The minimum absolute atomic E-state index is 0.0300. The van der Waals surface area contributed by atoms with E-state index in [4.69, 9.17) is 5.26 Å². The van der Waals surface area contributed by atoms with Crippen LogP contribution in [0.1, 0.15) is 37.7 Å². The van der Waals surface area contributed by atoms with E-state index in [2.05, 4.69) is 23.3 Å². The molecule has 0 heterocycles. The number of nitriles is 1. The summed E-state index contributed by atoms with van der Waals surface area (Å²) in [4.78, 5) is 14.2. The number of hydrogen-bond acceptors (Lipinski definition) is 3. The minimum Gasteiger partial charge on any atom is -0.325 e. The lowest BCUT2D eigenvalue weighted by molar-refractivity contribution is -0.116. The van der Waals surface area contributed by atoms with Crippen LogP contribution in [-0.2, 0) is 4.79 Å². The summed E-state index contributed by atoms with van der Waals surface area (Å²) in [6, 6.07) is 9.80. The SMILES string of the molecule is CN(CCC(=O)Nc1ccccc1C#N)C1CCCC1. The van der Waals surface area contributed by atoms with Crippen molar-refractivity contribution in [2.45, 2.75) is 38.1 Å². The van der Waals surface area contributed by atoms with Gasteiger partial charge in [-0.15, -0.1) is 0 Å². The predicted octanol–water partition coefficient (Wildman–Crippen LogP) is 2.76. The number of amides is 1. The first-order chi connectivity index (χ1) is 9.70. The Morgan fingerprint density at radius 2 is 2.10 bits per heavy atom. The van der Waals surface area contributed by atoms with E-state index in [0.717, 1.165) is 6.54 Å². The van der Waals surface area contributed by atoms with Gasteiger partial charge in [0.05, 0.1) is 11.3 Å². The summed E-state index contributed by atoms with van der Waals surface area (Å²) in [7, 11) is 2.09. The van der Waals surface area contributed by atoms with Crippen LogP contribution in [0.2, 0.25) is 0 Å². The molecule has 1 aromatic carbocycles. The first-order valence-electron chi connectivity index (χ1n) is 7.20. The molecule has 0 radical (unpaired) electrons. The highest BCUT2D eigenvalue weighted by atomic mass is 16.1. The molecule has 4 heteroatoms. The van der Waals surface area contributed by atoms with Crippen LogP contribution in [0.4, 0.5) is 5.69 Å². The van der Waals surface area contributed by atoms with E-state index < -0.39 is 0 Å². The summed E-state index contributed by atoms with van der Waals surface area (Å²) in [5.74, 6) is -0.0300. The Kier molecular flexibility index (Phi) is 5.14. The number of rotatable bonds is 5. The summed E-state index contributed by atoms with van der Waals surface area (Å²) in [6.45, 7) is 0.769. The van der Waals surface area contributed by atoms with Crippen molar-refractivity contribution in [3.8, 4) is 6.07 Å². The van der Waals surface area contributed by atoms with Crippen molar-refractivity contribution in [2.75, 3.05) is 18.9 Å². The Bertz CT molecular complexity index is 501. The number of anilines is 1. The molecule has 0 aliphatic heterocycles. The maximum Gasteiger partial charge on any atom is 0.225 e. The fourth-order valence-corrected chi connectivity index (χ4v) is 2.71. The van der Waals surface area contributed by atoms with Crippen LogP contribution < -0.4 is 5.32 Å². The zero-order valence-electron chi connectivity index (χ0n) is 11.9. The fourth-order valence-electron chi connectivity index (χ4n) is 2.71. The maximum atomic E-state index is 12.0. The summed E-state index contributed by atoms with van der Waals surface area (Å²) >= 11 is 0. The number of hydrogen-bond donors (Lipinski definition) is 1. The molecule has 0 bridgehead atoms. The first-order valence-corrected chi connectivity index (χ1v) is 7.20. The van der Waals surface area contributed by atoms with Crippen molar-refractivity contribution < 1.29 is 4.79 Å². The van der Waals surface area contributed by atoms with Crippen molar-refractivity contribution >= 4 is 11.6 Å². The van der Waals surface area contributed by atoms with Crippen molar-refractivity contribution in [3.63, 3.8) is 0 Å². The number of nitrogens with zero attached hydrogens (tertiary/aromatic N) is 2. The molecule has 1 saturated carbocycles. The summed E-state index contributed by atoms with van der Waals surface area (Å²) in [5.41, 5.74) is 1.11. The van der Waals surface area contributed by atoms with Crippen LogP contribution in [0.3, 0.4) is 0 Å². The standard InChI is InChI=1S/C16H21N3O/c1-19(14-7-3-4-8-14)11-10-16(20)18-15-9-5-2-6-13(15)12-17/h2,5-6,9,14H,3-4,7-8,10-11H2,1H3,(H,18,20). The topological polar surface area (TPSA) is 56.1 Å². The third kappa shape index (κ3) is 3.82. The molecular formula is C16H21N3O. The molecule has 20 heavy (non-hydrogen) atoms. The number of para-hydroxylation sites is 1. The van der Waals surface area contributed by atoms with Gasteiger partial charge in [-0.2, -0.15) is 5.26 Å². The van der Waals surface area contributed by atoms with E-state index >= 15 is 0 Å². The average molecular weight is 271 g/mol. The van der Waals surface area contributed by atoms with E-state index in [0.29, 0.717) is 23.7 Å². The largest absolute Gasteiger partial charge is 0.325 e. The van der Waals surface area contributed by atoms with Crippen LogP contribution >= 0.6 is 0 Å². The molecule has 0 aromatic heterocycles. The van der Waals surface area contributed by atoms with Gasteiger partial charge in [0.1, 0.15) is 6.07 Å². The van der Waals surface area contributed by atoms with E-state index in [1.807, 2.05) is 6.07 Å². The average Bonchev–Trinajstić information content (AvgIpc) is 2.99. The fraction of sp³-hybridized carbons (Fsp3) is 0.500. The van der Waals surface area contributed by atoms with Crippen LogP contribution in [0.5, 0.6) is 0 Å². The molecule has 2 rings (SSSR count). The minimum atomic E-state index is -0.0300. The second kappa shape index (κ2) is 7.06. The molecule has 106 valence electrons. The highest BCUT2D eigenvalue weighted by Crippen LogP contribution is 2.22. The van der Waals surface area contributed by atoms with Crippen molar-refractivity contribution in [2.24, 2.45) is 0 Å². The molecule has 1 aliphatic rings. The third-order valence-electron chi connectivity index (χ3n) is 3.96. The van der Waals surface area contributed by atoms with Crippen molar-refractivity contribution in [1.29, 1.82) is 5.26 Å². The van der Waals surface area contributed by atoms with Crippen LogP contribution in [-0.4, -0.2) is 30.4 Å². The van der Waals surface area contributed by atoms with Crippen LogP contribution in [0, 0.1) is 11.3 Å².